The van der Waals surface area contributed by atoms with Gasteiger partial charge in [-0.3, -0.25) is 4.99 Å². The van der Waals surface area contributed by atoms with E-state index >= 15 is 0 Å². The van der Waals surface area contributed by atoms with E-state index in [-0.39, 0.29) is 6.23 Å². The normalized spacial score (nSPS) is 27.4. The van der Waals surface area contributed by atoms with Crippen LogP contribution in [-0.2, 0) is 6.42 Å². The van der Waals surface area contributed by atoms with Gasteiger partial charge in [-0.15, -0.1) is 0 Å². The molecule has 2 aliphatic rings. The fourth-order valence-corrected chi connectivity index (χ4v) is 3.23. The molecule has 0 radical (unpaired) electrons. The van der Waals surface area contributed by atoms with Crippen LogP contribution in [0.15, 0.2) is 35.3 Å². The first-order chi connectivity index (χ1) is 9.34. The third-order valence-corrected chi connectivity index (χ3v) is 4.19. The molecule has 3 heteroatoms. The van der Waals surface area contributed by atoms with E-state index in [1.54, 1.807) is 0 Å². The van der Waals surface area contributed by atoms with Crippen molar-refractivity contribution in [3.05, 3.63) is 35.9 Å². The van der Waals surface area contributed by atoms with Gasteiger partial charge in [0, 0.05) is 19.0 Å². The monoisotopic (exact) mass is 258 g/mol. The molecule has 0 aliphatic carbocycles. The molecule has 1 aromatic rings. The molecule has 0 saturated carbocycles. The molecule has 1 N–H and O–H groups in total. The number of aliphatic hydroxyl groups excluding tert-OH is 1. The molecular weight excluding hydrogens is 236 g/mol. The molecule has 1 fully saturated rings. The van der Waals surface area contributed by atoms with Crippen molar-refractivity contribution in [1.29, 1.82) is 0 Å². The van der Waals surface area contributed by atoms with E-state index in [0.29, 0.717) is 5.92 Å². The van der Waals surface area contributed by atoms with E-state index in [0.717, 1.165) is 51.0 Å². The van der Waals surface area contributed by atoms with Crippen molar-refractivity contribution in [2.75, 3.05) is 13.1 Å². The van der Waals surface area contributed by atoms with E-state index in [1.807, 2.05) is 0 Å². The molecule has 19 heavy (non-hydrogen) atoms. The lowest BCUT2D eigenvalue weighted by Gasteiger charge is -2.34. The van der Waals surface area contributed by atoms with E-state index < -0.39 is 0 Å². The number of hydrogen-bond acceptors (Lipinski definition) is 3. The maximum atomic E-state index is 10.2. The van der Waals surface area contributed by atoms with E-state index in [2.05, 4.69) is 35.2 Å². The predicted molar refractivity (Wildman–Crippen MR) is 77.1 cm³/mol. The van der Waals surface area contributed by atoms with E-state index in [4.69, 9.17) is 4.99 Å². The Kier molecular flexibility index (Phi) is 3.83. The Morgan fingerprint density at radius 1 is 1.16 bits per heavy atom. The lowest BCUT2D eigenvalue weighted by atomic mass is 9.93. The zero-order valence-electron chi connectivity index (χ0n) is 11.3. The highest BCUT2D eigenvalue weighted by molar-refractivity contribution is 5.85. The number of rotatable bonds is 2. The highest BCUT2D eigenvalue weighted by Crippen LogP contribution is 2.27. The molecule has 0 aromatic heterocycles. The quantitative estimate of drug-likeness (QED) is 0.884. The first-order valence-electron chi connectivity index (χ1n) is 7.37. The van der Waals surface area contributed by atoms with Gasteiger partial charge in [-0.05, 0) is 37.7 Å². The minimum Gasteiger partial charge on any atom is -0.374 e. The van der Waals surface area contributed by atoms with E-state index in [9.17, 15) is 5.11 Å². The zero-order chi connectivity index (χ0) is 13.1. The molecule has 2 aliphatic heterocycles. The molecule has 1 saturated heterocycles. The van der Waals surface area contributed by atoms with Crippen molar-refractivity contribution in [1.82, 2.24) is 4.90 Å². The summed E-state index contributed by atoms with van der Waals surface area (Å²) in [5.41, 5.74) is 1.37. The summed E-state index contributed by atoms with van der Waals surface area (Å²) in [5.74, 6) is 1.62. The lowest BCUT2D eigenvalue weighted by molar-refractivity contribution is 0.0440. The molecule has 0 bridgehead atoms. The largest absolute Gasteiger partial charge is 0.374 e. The fourth-order valence-electron chi connectivity index (χ4n) is 3.23. The van der Waals surface area contributed by atoms with Crippen LogP contribution in [-0.4, -0.2) is 35.2 Å². The van der Waals surface area contributed by atoms with Gasteiger partial charge in [-0.1, -0.05) is 30.3 Å². The van der Waals surface area contributed by atoms with E-state index in [1.165, 1.54) is 5.56 Å². The van der Waals surface area contributed by atoms with Crippen LogP contribution in [0.4, 0.5) is 0 Å². The van der Waals surface area contributed by atoms with Gasteiger partial charge in [0.2, 0.25) is 0 Å². The second-order valence-electron chi connectivity index (χ2n) is 5.59. The van der Waals surface area contributed by atoms with Crippen LogP contribution in [0.25, 0.3) is 0 Å². The Morgan fingerprint density at radius 3 is 2.84 bits per heavy atom. The average Bonchev–Trinajstić information content (AvgIpc) is 2.61. The van der Waals surface area contributed by atoms with Crippen LogP contribution < -0.4 is 0 Å². The smallest absolute Gasteiger partial charge is 0.127 e. The number of benzene rings is 1. The third-order valence-electron chi connectivity index (χ3n) is 4.19. The molecule has 2 unspecified atom stereocenters. The van der Waals surface area contributed by atoms with Gasteiger partial charge in [-0.25, -0.2) is 0 Å². The summed E-state index contributed by atoms with van der Waals surface area (Å²) < 4.78 is 0. The summed E-state index contributed by atoms with van der Waals surface area (Å²) in [6, 6.07) is 10.6. The van der Waals surface area contributed by atoms with Crippen LogP contribution in [0.3, 0.4) is 0 Å². The summed E-state index contributed by atoms with van der Waals surface area (Å²) in [6.45, 7) is 1.88. The topological polar surface area (TPSA) is 35.8 Å². The number of nitrogens with zero attached hydrogens (tertiary/aromatic N) is 2. The first-order valence-corrected chi connectivity index (χ1v) is 7.37. The maximum absolute atomic E-state index is 10.2. The number of aliphatic imine (C=N–C) groups is 1. The molecule has 2 heterocycles. The Morgan fingerprint density at radius 2 is 2.00 bits per heavy atom. The first kappa shape index (κ1) is 12.7. The second-order valence-corrected chi connectivity index (χ2v) is 5.59. The summed E-state index contributed by atoms with van der Waals surface area (Å²) in [4.78, 5) is 6.87. The Labute approximate surface area is 115 Å². The molecule has 0 amide bonds. The average molecular weight is 258 g/mol. The fraction of sp³-hybridized carbons (Fsp3) is 0.562. The molecule has 102 valence electrons. The molecule has 3 rings (SSSR count). The maximum Gasteiger partial charge on any atom is 0.127 e. The number of fused-ring (bicyclic) bond motifs is 1. The summed E-state index contributed by atoms with van der Waals surface area (Å²) >= 11 is 0. The van der Waals surface area contributed by atoms with Crippen molar-refractivity contribution < 1.29 is 5.11 Å². The van der Waals surface area contributed by atoms with Crippen molar-refractivity contribution >= 4 is 5.84 Å². The highest BCUT2D eigenvalue weighted by Gasteiger charge is 2.31. The van der Waals surface area contributed by atoms with Crippen LogP contribution in [0.1, 0.15) is 31.2 Å². The van der Waals surface area contributed by atoms with Crippen molar-refractivity contribution in [3.8, 4) is 0 Å². The van der Waals surface area contributed by atoms with Crippen LogP contribution in [0.2, 0.25) is 0 Å². The molecular formula is C16H22N2O. The molecule has 3 nitrogen and oxygen atoms in total. The van der Waals surface area contributed by atoms with Crippen molar-refractivity contribution in [2.45, 2.75) is 38.3 Å². The SMILES string of the molecule is OC1CCCC(Cc2ccccc2)C2=NCCCN21. The van der Waals surface area contributed by atoms with Gasteiger partial charge in [0.15, 0.2) is 0 Å². The van der Waals surface area contributed by atoms with Crippen molar-refractivity contribution in [2.24, 2.45) is 10.9 Å². The predicted octanol–water partition coefficient (Wildman–Crippen LogP) is 2.45. The molecule has 2 atom stereocenters. The van der Waals surface area contributed by atoms with Crippen molar-refractivity contribution in [3.63, 3.8) is 0 Å². The third kappa shape index (κ3) is 2.81. The second kappa shape index (κ2) is 5.74. The Bertz CT molecular complexity index is 443. The number of amidine groups is 1. The van der Waals surface area contributed by atoms with Crippen LogP contribution >= 0.6 is 0 Å². The standard InChI is InChI=1S/C16H22N2O/c19-15-9-4-8-14(12-13-6-2-1-3-7-13)16-17-10-5-11-18(15)16/h1-3,6-7,14-15,19H,4-5,8-12H2. The van der Waals surface area contributed by atoms with Gasteiger partial charge < -0.3 is 10.0 Å². The molecule has 1 aromatic carbocycles. The molecule has 0 spiro atoms. The Hall–Kier alpha value is -1.35. The van der Waals surface area contributed by atoms with Gasteiger partial charge in [0.05, 0.1) is 0 Å². The minimum absolute atomic E-state index is 0.320. The minimum atomic E-state index is -0.320. The summed E-state index contributed by atoms with van der Waals surface area (Å²) in [6.07, 6.45) is 4.90. The zero-order valence-corrected chi connectivity index (χ0v) is 11.3. The van der Waals surface area contributed by atoms with Gasteiger partial charge in [-0.2, -0.15) is 0 Å². The number of hydrogen-bond donors (Lipinski definition) is 1. The summed E-state index contributed by atoms with van der Waals surface area (Å²) in [7, 11) is 0. The Balaban J connectivity index is 1.81. The summed E-state index contributed by atoms with van der Waals surface area (Å²) in [5, 5.41) is 10.2. The highest BCUT2D eigenvalue weighted by atomic mass is 16.3. The van der Waals surface area contributed by atoms with Crippen LogP contribution in [0, 0.1) is 5.92 Å². The van der Waals surface area contributed by atoms with Gasteiger partial charge in [0.25, 0.3) is 0 Å². The van der Waals surface area contributed by atoms with Gasteiger partial charge >= 0.3 is 0 Å². The lowest BCUT2D eigenvalue weighted by Crippen LogP contribution is -2.45. The number of aliphatic hydroxyl groups is 1. The van der Waals surface area contributed by atoms with Gasteiger partial charge in [0.1, 0.15) is 12.1 Å². The van der Waals surface area contributed by atoms with Crippen LogP contribution in [0.5, 0.6) is 0 Å².